The van der Waals surface area contributed by atoms with Crippen LogP contribution in [-0.2, 0) is 5.54 Å². The number of nitrogens with one attached hydrogen (secondary N) is 2. The molecule has 25 heavy (non-hydrogen) atoms. The van der Waals surface area contributed by atoms with Gasteiger partial charge in [0.05, 0.1) is 25.1 Å². The smallest absolute Gasteiger partial charge is 0.257 e. The van der Waals surface area contributed by atoms with Crippen LogP contribution in [0.1, 0.15) is 27.7 Å². The van der Waals surface area contributed by atoms with Crippen LogP contribution in [0.15, 0.2) is 12.4 Å². The zero-order chi connectivity index (χ0) is 18.2. The van der Waals surface area contributed by atoms with E-state index in [2.05, 4.69) is 38.7 Å². The third-order valence-electron chi connectivity index (χ3n) is 4.22. The first kappa shape index (κ1) is 17.3. The van der Waals surface area contributed by atoms with E-state index >= 15 is 0 Å². The van der Waals surface area contributed by atoms with E-state index in [0.717, 1.165) is 0 Å². The summed E-state index contributed by atoms with van der Waals surface area (Å²) in [5, 5.41) is 20.6. The number of rotatable bonds is 1. The first-order valence-electron chi connectivity index (χ1n) is 8.00. The highest BCUT2D eigenvalue weighted by Crippen LogP contribution is 2.31. The number of nitrogens with zero attached hydrogens (tertiary/aromatic N) is 5. The molecular weight excluding hydrogens is 342 g/mol. The summed E-state index contributed by atoms with van der Waals surface area (Å²) in [6.07, 6.45) is 3.26. The Kier molecular flexibility index (Phi) is 4.43. The predicted octanol–water partition coefficient (Wildman–Crippen LogP) is 3.16. The van der Waals surface area contributed by atoms with Gasteiger partial charge in [-0.15, -0.1) is 5.10 Å². The average molecular weight is 362 g/mol. The highest BCUT2D eigenvalue weighted by Gasteiger charge is 2.25. The van der Waals surface area contributed by atoms with Gasteiger partial charge in [-0.25, -0.2) is 9.67 Å². The highest BCUT2D eigenvalue weighted by atomic mass is 35.5. The molecule has 1 aliphatic heterocycles. The van der Waals surface area contributed by atoms with Crippen LogP contribution in [0, 0.1) is 17.2 Å². The van der Waals surface area contributed by atoms with Crippen molar-refractivity contribution >= 4 is 29.1 Å². The van der Waals surface area contributed by atoms with Gasteiger partial charge in [0.25, 0.3) is 5.88 Å². The number of ether oxygens (including phenoxy) is 1. The fourth-order valence-corrected chi connectivity index (χ4v) is 2.40. The summed E-state index contributed by atoms with van der Waals surface area (Å²) in [4.78, 5) is 8.62. The van der Waals surface area contributed by atoms with E-state index in [9.17, 15) is 5.26 Å². The molecule has 3 heterocycles. The third kappa shape index (κ3) is 3.46. The van der Waals surface area contributed by atoms with Crippen molar-refractivity contribution in [3.05, 3.63) is 17.4 Å². The van der Waals surface area contributed by atoms with Gasteiger partial charge < -0.3 is 15.4 Å². The Labute approximate surface area is 151 Å². The summed E-state index contributed by atoms with van der Waals surface area (Å²) in [5.41, 5.74) is -0.208. The molecule has 8 nitrogen and oxygen atoms in total. The van der Waals surface area contributed by atoms with Crippen LogP contribution in [0.2, 0.25) is 5.02 Å². The van der Waals surface area contributed by atoms with Crippen LogP contribution < -0.4 is 15.4 Å². The van der Waals surface area contributed by atoms with E-state index in [1.807, 2.05) is 6.92 Å². The Balaban J connectivity index is 2.05. The molecule has 1 aliphatic rings. The van der Waals surface area contributed by atoms with Gasteiger partial charge in [0, 0.05) is 12.0 Å². The monoisotopic (exact) mass is 361 g/mol. The number of halogens is 1. The molecule has 2 bridgehead atoms. The lowest BCUT2D eigenvalue weighted by atomic mass is 10.1. The molecule has 3 rings (SSSR count). The Morgan fingerprint density at radius 2 is 2.20 bits per heavy atom. The van der Waals surface area contributed by atoms with Crippen molar-refractivity contribution in [2.24, 2.45) is 5.92 Å². The molecule has 0 aromatic carbocycles. The fourth-order valence-electron chi connectivity index (χ4n) is 2.25. The van der Waals surface area contributed by atoms with E-state index in [1.165, 1.54) is 0 Å². The van der Waals surface area contributed by atoms with Crippen molar-refractivity contribution in [1.82, 2.24) is 19.7 Å². The number of hydrogen-bond acceptors (Lipinski definition) is 7. The van der Waals surface area contributed by atoms with Gasteiger partial charge in [0.1, 0.15) is 16.2 Å². The fraction of sp³-hybridized carbons (Fsp3) is 0.500. The Bertz CT molecular complexity index is 826. The maximum atomic E-state index is 9.35. The lowest BCUT2D eigenvalue weighted by Crippen LogP contribution is -2.29. The van der Waals surface area contributed by atoms with Gasteiger partial charge in [-0.05, 0) is 20.8 Å². The van der Waals surface area contributed by atoms with E-state index in [-0.39, 0.29) is 12.0 Å². The maximum absolute atomic E-state index is 9.35. The van der Waals surface area contributed by atoms with Crippen LogP contribution >= 0.6 is 11.6 Å². The number of aromatic nitrogens is 4. The van der Waals surface area contributed by atoms with Crippen molar-refractivity contribution in [3.63, 3.8) is 0 Å². The molecule has 0 saturated heterocycles. The van der Waals surface area contributed by atoms with Crippen LogP contribution in [0.4, 0.5) is 17.5 Å². The third-order valence-corrected chi connectivity index (χ3v) is 4.49. The van der Waals surface area contributed by atoms with Gasteiger partial charge in [0.2, 0.25) is 5.95 Å². The molecule has 0 aliphatic carbocycles. The number of anilines is 3. The average Bonchev–Trinajstić information content (AvgIpc) is 2.98. The Morgan fingerprint density at radius 3 is 2.92 bits per heavy atom. The highest BCUT2D eigenvalue weighted by molar-refractivity contribution is 6.32. The van der Waals surface area contributed by atoms with E-state index in [4.69, 9.17) is 16.3 Å². The lowest BCUT2D eigenvalue weighted by molar-refractivity contribution is 0.235. The molecule has 2 unspecified atom stereocenters. The minimum Gasteiger partial charge on any atom is -0.475 e. The quantitative estimate of drug-likeness (QED) is 0.804. The van der Waals surface area contributed by atoms with Crippen LogP contribution in [0.5, 0.6) is 5.88 Å². The van der Waals surface area contributed by atoms with Gasteiger partial charge in [-0.3, -0.25) is 0 Å². The lowest BCUT2D eigenvalue weighted by Gasteiger charge is -2.21. The van der Waals surface area contributed by atoms with Gasteiger partial charge >= 0.3 is 0 Å². The second kappa shape index (κ2) is 6.41. The van der Waals surface area contributed by atoms with Crippen LogP contribution in [0.3, 0.4) is 0 Å². The largest absolute Gasteiger partial charge is 0.475 e. The Hall–Kier alpha value is -2.53. The minimum atomic E-state index is -0.804. The number of nitriles is 1. The topological polar surface area (TPSA) is 101 Å². The van der Waals surface area contributed by atoms with E-state index in [0.29, 0.717) is 35.0 Å². The van der Waals surface area contributed by atoms with Crippen LogP contribution in [0.25, 0.3) is 0 Å². The molecule has 132 valence electrons. The molecule has 9 heteroatoms. The molecule has 2 atom stereocenters. The van der Waals surface area contributed by atoms with Gasteiger partial charge in [0.15, 0.2) is 5.82 Å². The molecule has 0 saturated carbocycles. The summed E-state index contributed by atoms with van der Waals surface area (Å²) in [6.45, 7) is 8.11. The molecule has 2 aromatic rings. The summed E-state index contributed by atoms with van der Waals surface area (Å²) < 4.78 is 7.47. The molecule has 2 N–H and O–H groups in total. The molecular formula is C16H20ClN7O. The van der Waals surface area contributed by atoms with Crippen molar-refractivity contribution in [1.29, 1.82) is 5.26 Å². The maximum Gasteiger partial charge on any atom is 0.257 e. The second-order valence-electron chi connectivity index (χ2n) is 6.70. The minimum absolute atomic E-state index is 0.0828. The SMILES string of the molecule is CC1COc2nn(C(C)(C)C#N)cc2Nc2ncc(Cl)c(n2)NC1C. The summed E-state index contributed by atoms with van der Waals surface area (Å²) >= 11 is 6.19. The predicted molar refractivity (Wildman–Crippen MR) is 95.2 cm³/mol. The first-order chi connectivity index (χ1) is 11.8. The number of hydrogen-bond donors (Lipinski definition) is 2. The zero-order valence-corrected chi connectivity index (χ0v) is 15.3. The van der Waals surface area contributed by atoms with Crippen molar-refractivity contribution in [2.75, 3.05) is 17.2 Å². The molecule has 0 amide bonds. The molecule has 2 aromatic heterocycles. The zero-order valence-electron chi connectivity index (χ0n) is 14.5. The standard InChI is InChI=1S/C16H20ClN7O/c1-9-7-25-14-12(6-24(23-14)16(3,4)8-18)21-15-19-5-11(17)13(22-15)20-10(9)2/h5-6,9-10H,7H2,1-4H3,(H2,19,20,21,22). The number of fused-ring (bicyclic) bond motifs is 3. The molecule has 0 fully saturated rings. The summed E-state index contributed by atoms with van der Waals surface area (Å²) in [5.74, 6) is 1.51. The first-order valence-corrected chi connectivity index (χ1v) is 8.38. The van der Waals surface area contributed by atoms with Gasteiger partial charge in [-0.2, -0.15) is 10.2 Å². The van der Waals surface area contributed by atoms with Crippen molar-refractivity contribution in [2.45, 2.75) is 39.3 Å². The van der Waals surface area contributed by atoms with Crippen molar-refractivity contribution < 1.29 is 4.74 Å². The second-order valence-corrected chi connectivity index (χ2v) is 7.11. The Morgan fingerprint density at radius 1 is 1.44 bits per heavy atom. The van der Waals surface area contributed by atoms with E-state index < -0.39 is 5.54 Å². The van der Waals surface area contributed by atoms with E-state index in [1.54, 1.807) is 30.9 Å². The van der Waals surface area contributed by atoms with Gasteiger partial charge in [-0.1, -0.05) is 18.5 Å². The summed E-state index contributed by atoms with van der Waals surface area (Å²) in [6, 6.07) is 2.30. The molecule has 0 radical (unpaired) electrons. The summed E-state index contributed by atoms with van der Waals surface area (Å²) in [7, 11) is 0. The van der Waals surface area contributed by atoms with Crippen molar-refractivity contribution in [3.8, 4) is 11.9 Å². The van der Waals surface area contributed by atoms with Crippen LogP contribution in [-0.4, -0.2) is 32.4 Å². The molecule has 0 spiro atoms. The normalized spacial score (nSPS) is 20.2.